The van der Waals surface area contributed by atoms with Gasteiger partial charge in [0.2, 0.25) is 0 Å². The van der Waals surface area contributed by atoms with Gasteiger partial charge in [0.1, 0.15) is 0 Å². The van der Waals surface area contributed by atoms with Crippen molar-refractivity contribution in [1.82, 2.24) is 4.57 Å². The molecule has 0 atom stereocenters. The van der Waals surface area contributed by atoms with Crippen molar-refractivity contribution in [1.29, 1.82) is 0 Å². The highest BCUT2D eigenvalue weighted by Gasteiger charge is 2.51. The van der Waals surface area contributed by atoms with Gasteiger partial charge >= 0.3 is 0 Å². The molecule has 9 aromatic rings. The fourth-order valence-electron chi connectivity index (χ4n) is 11.5. The highest BCUT2D eigenvalue weighted by molar-refractivity contribution is 7.25. The van der Waals surface area contributed by atoms with Gasteiger partial charge in [0.05, 0.1) is 11.0 Å². The van der Waals surface area contributed by atoms with E-state index < -0.39 is 0 Å². The molecule has 266 valence electrons. The van der Waals surface area contributed by atoms with Gasteiger partial charge in [-0.05, 0) is 151 Å². The third-order valence-corrected chi connectivity index (χ3v) is 14.7. The van der Waals surface area contributed by atoms with Gasteiger partial charge in [-0.1, -0.05) is 91.0 Å². The van der Waals surface area contributed by atoms with Crippen molar-refractivity contribution in [2.75, 3.05) is 4.90 Å². The van der Waals surface area contributed by atoms with E-state index in [1.165, 1.54) is 114 Å². The number of nitrogens with zero attached hydrogens (tertiary/aromatic N) is 2. The van der Waals surface area contributed by atoms with Crippen LogP contribution in [0.3, 0.4) is 0 Å². The number of benzene rings is 7. The van der Waals surface area contributed by atoms with Crippen LogP contribution in [0.25, 0.3) is 58.8 Å². The van der Waals surface area contributed by atoms with Crippen molar-refractivity contribution in [2.45, 2.75) is 43.9 Å². The second-order valence-corrected chi connectivity index (χ2v) is 17.9. The molecule has 4 aliphatic carbocycles. The topological polar surface area (TPSA) is 8.17 Å². The van der Waals surface area contributed by atoms with Crippen LogP contribution >= 0.6 is 11.3 Å². The molecule has 0 saturated heterocycles. The quantitative estimate of drug-likeness (QED) is 0.166. The Balaban J connectivity index is 0.957. The molecule has 2 nitrogen and oxygen atoms in total. The van der Waals surface area contributed by atoms with E-state index in [9.17, 15) is 0 Å². The van der Waals surface area contributed by atoms with E-state index in [4.69, 9.17) is 0 Å². The van der Waals surface area contributed by atoms with Crippen LogP contribution in [0.4, 0.5) is 17.1 Å². The summed E-state index contributed by atoms with van der Waals surface area (Å²) in [5.41, 5.74) is 11.6. The molecule has 13 rings (SSSR count). The summed E-state index contributed by atoms with van der Waals surface area (Å²) in [6.07, 6.45) is 8.61. The number of para-hydroxylation sites is 2. The van der Waals surface area contributed by atoms with E-state index in [-0.39, 0.29) is 0 Å². The van der Waals surface area contributed by atoms with E-state index in [2.05, 4.69) is 173 Å². The summed E-state index contributed by atoms with van der Waals surface area (Å²) in [6.45, 7) is 0. The molecule has 3 heteroatoms. The standard InChI is InChI=1S/C52H42N2S/c1-2-8-40(9-3-1)54-48-12-6-4-10-44(48)45-24-16-38(29-49(45)54)37-14-19-41(20-15-37)53(43-23-25-51-47(30-43)46-11-5-7-13-50(46)55-51)42-21-17-39(18-22-42)52-31-34-26-35(32-52)28-36(27-34)33-52/h1-25,29-30,34-36H,26-28,31-33H2. The minimum Gasteiger partial charge on any atom is -0.310 e. The second-order valence-electron chi connectivity index (χ2n) is 16.8. The normalized spacial score (nSPS) is 21.6. The van der Waals surface area contributed by atoms with Gasteiger partial charge in [-0.2, -0.15) is 0 Å². The summed E-state index contributed by atoms with van der Waals surface area (Å²) in [6, 6.07) is 61.4. The van der Waals surface area contributed by atoms with Gasteiger partial charge in [-0.3, -0.25) is 0 Å². The zero-order chi connectivity index (χ0) is 36.1. The summed E-state index contributed by atoms with van der Waals surface area (Å²) in [5.74, 6) is 2.82. The Morgan fingerprint density at radius 1 is 0.455 bits per heavy atom. The van der Waals surface area contributed by atoms with Gasteiger partial charge in [0.25, 0.3) is 0 Å². The van der Waals surface area contributed by atoms with Crippen LogP contribution in [0.2, 0.25) is 0 Å². The Bertz CT molecular complexity index is 2860. The Kier molecular flexibility index (Phi) is 7.02. The Morgan fingerprint density at radius 2 is 1.04 bits per heavy atom. The lowest BCUT2D eigenvalue weighted by molar-refractivity contribution is -0.00518. The third kappa shape index (κ3) is 5.06. The largest absolute Gasteiger partial charge is 0.310 e. The monoisotopic (exact) mass is 726 g/mol. The van der Waals surface area contributed by atoms with Gasteiger partial charge in [0, 0.05) is 53.7 Å². The van der Waals surface area contributed by atoms with Gasteiger partial charge in [0.15, 0.2) is 0 Å². The van der Waals surface area contributed by atoms with Crippen molar-refractivity contribution in [3.63, 3.8) is 0 Å². The summed E-state index contributed by atoms with van der Waals surface area (Å²) < 4.78 is 5.08. The predicted octanol–water partition coefficient (Wildman–Crippen LogP) is 14.8. The lowest BCUT2D eigenvalue weighted by Gasteiger charge is -2.57. The van der Waals surface area contributed by atoms with Crippen LogP contribution in [-0.4, -0.2) is 4.57 Å². The van der Waals surface area contributed by atoms with Gasteiger partial charge in [-0.25, -0.2) is 0 Å². The molecule has 0 radical (unpaired) electrons. The van der Waals surface area contributed by atoms with Gasteiger partial charge < -0.3 is 9.47 Å². The summed E-state index contributed by atoms with van der Waals surface area (Å²) in [5, 5.41) is 5.22. The van der Waals surface area contributed by atoms with Crippen LogP contribution in [0.15, 0.2) is 164 Å². The molecule has 7 aromatic carbocycles. The minimum absolute atomic E-state index is 0.390. The predicted molar refractivity (Wildman–Crippen MR) is 234 cm³/mol. The Hall–Kier alpha value is -5.64. The summed E-state index contributed by atoms with van der Waals surface area (Å²) >= 11 is 1.88. The van der Waals surface area contributed by atoms with E-state index in [1.54, 1.807) is 5.56 Å². The number of aromatic nitrogens is 1. The molecule has 0 spiro atoms. The molecule has 4 fully saturated rings. The Morgan fingerprint density at radius 3 is 1.78 bits per heavy atom. The molecule has 4 aliphatic rings. The highest BCUT2D eigenvalue weighted by atomic mass is 32.1. The van der Waals surface area contributed by atoms with Crippen LogP contribution < -0.4 is 4.90 Å². The number of anilines is 3. The number of thiophene rings is 1. The minimum atomic E-state index is 0.390. The molecule has 55 heavy (non-hydrogen) atoms. The van der Waals surface area contributed by atoms with Crippen molar-refractivity contribution in [3.05, 3.63) is 169 Å². The lowest BCUT2D eigenvalue weighted by atomic mass is 9.48. The first kappa shape index (κ1) is 31.7. The smallest absolute Gasteiger partial charge is 0.0547 e. The molecular weight excluding hydrogens is 685 g/mol. The number of hydrogen-bond donors (Lipinski definition) is 0. The SMILES string of the molecule is c1ccc(-n2c3ccccc3c3ccc(-c4ccc(N(c5ccc(C67CC8CC(CC(C8)C6)C7)cc5)c5ccc6sc7ccccc7c6c5)cc4)cc32)cc1. The van der Waals surface area contributed by atoms with Crippen molar-refractivity contribution in [3.8, 4) is 16.8 Å². The first-order valence-corrected chi connectivity index (χ1v) is 21.0. The molecule has 2 aromatic heterocycles. The second kappa shape index (κ2) is 12.2. The first-order valence-electron chi connectivity index (χ1n) is 20.2. The van der Waals surface area contributed by atoms with E-state index in [0.717, 1.165) is 17.8 Å². The number of fused-ring (bicyclic) bond motifs is 6. The van der Waals surface area contributed by atoms with E-state index in [0.29, 0.717) is 5.41 Å². The van der Waals surface area contributed by atoms with Crippen molar-refractivity contribution >= 4 is 70.4 Å². The van der Waals surface area contributed by atoms with Crippen LogP contribution in [0.1, 0.15) is 44.1 Å². The van der Waals surface area contributed by atoms with E-state index >= 15 is 0 Å². The van der Waals surface area contributed by atoms with Crippen molar-refractivity contribution in [2.24, 2.45) is 17.8 Å². The third-order valence-electron chi connectivity index (χ3n) is 13.5. The van der Waals surface area contributed by atoms with Crippen LogP contribution in [-0.2, 0) is 5.41 Å². The molecule has 0 unspecified atom stereocenters. The lowest BCUT2D eigenvalue weighted by Crippen LogP contribution is -2.48. The fraction of sp³-hybridized carbons (Fsp3) is 0.192. The summed E-state index contributed by atoms with van der Waals surface area (Å²) in [7, 11) is 0. The maximum absolute atomic E-state index is 2.49. The number of rotatable bonds is 6. The highest BCUT2D eigenvalue weighted by Crippen LogP contribution is 2.61. The Labute approximate surface area is 326 Å². The number of hydrogen-bond acceptors (Lipinski definition) is 2. The van der Waals surface area contributed by atoms with Crippen molar-refractivity contribution < 1.29 is 0 Å². The summed E-state index contributed by atoms with van der Waals surface area (Å²) in [4.78, 5) is 2.47. The molecule has 4 bridgehead atoms. The fourth-order valence-corrected chi connectivity index (χ4v) is 12.6. The zero-order valence-corrected chi connectivity index (χ0v) is 31.7. The first-order chi connectivity index (χ1) is 27.2. The molecule has 4 saturated carbocycles. The maximum atomic E-state index is 2.49. The van der Waals surface area contributed by atoms with Crippen LogP contribution in [0, 0.1) is 17.8 Å². The average Bonchev–Trinajstić information content (AvgIpc) is 3.76. The molecule has 2 heterocycles. The molecule has 0 amide bonds. The molecule has 0 N–H and O–H groups in total. The van der Waals surface area contributed by atoms with Gasteiger partial charge in [-0.15, -0.1) is 11.3 Å². The zero-order valence-electron chi connectivity index (χ0n) is 30.9. The average molecular weight is 727 g/mol. The molecule has 0 aliphatic heterocycles. The molecular formula is C52H42N2S. The maximum Gasteiger partial charge on any atom is 0.0547 e. The van der Waals surface area contributed by atoms with Crippen LogP contribution in [0.5, 0.6) is 0 Å². The van der Waals surface area contributed by atoms with E-state index in [1.807, 2.05) is 11.3 Å².